The first-order valence-electron chi connectivity index (χ1n) is 6.11. The van der Waals surface area contributed by atoms with E-state index in [1.54, 1.807) is 19.2 Å². The van der Waals surface area contributed by atoms with Crippen LogP contribution in [-0.2, 0) is 14.3 Å². The lowest BCUT2D eigenvalue weighted by Crippen LogP contribution is -2.26. The fourth-order valence-electron chi connectivity index (χ4n) is 1.77. The number of ether oxygens (including phenoxy) is 1. The molecule has 1 aromatic heterocycles. The van der Waals surface area contributed by atoms with Crippen LogP contribution in [0.1, 0.15) is 30.0 Å². The summed E-state index contributed by atoms with van der Waals surface area (Å²) in [4.78, 5) is 28.0. The molecule has 2 rings (SSSR count). The van der Waals surface area contributed by atoms with Crippen molar-refractivity contribution < 1.29 is 14.3 Å². The molecule has 1 aliphatic carbocycles. The van der Waals surface area contributed by atoms with Crippen molar-refractivity contribution in [3.8, 4) is 6.07 Å². The summed E-state index contributed by atoms with van der Waals surface area (Å²) in [5.41, 5.74) is -0.254. The summed E-state index contributed by atoms with van der Waals surface area (Å²) in [5.74, 6) is -2.17. The Balaban J connectivity index is 1.96. The quantitative estimate of drug-likeness (QED) is 0.604. The maximum absolute atomic E-state index is 12.0. The van der Waals surface area contributed by atoms with Crippen LogP contribution in [0.2, 0.25) is 0 Å². The number of aromatic nitrogens is 1. The van der Waals surface area contributed by atoms with Crippen molar-refractivity contribution in [1.82, 2.24) is 4.98 Å². The SMILES string of the molecule is Cc1csc([C@H](C#N)C(=O)COC(=O)[C@]2(C)CC2(Cl)Cl)n1. The summed E-state index contributed by atoms with van der Waals surface area (Å²) in [7, 11) is 0. The Labute approximate surface area is 135 Å². The average Bonchev–Trinajstić information content (AvgIpc) is 2.73. The van der Waals surface area contributed by atoms with Crippen LogP contribution in [0.3, 0.4) is 0 Å². The van der Waals surface area contributed by atoms with Gasteiger partial charge in [0.1, 0.15) is 14.8 Å². The Morgan fingerprint density at radius 1 is 1.62 bits per heavy atom. The van der Waals surface area contributed by atoms with E-state index in [-0.39, 0.29) is 6.42 Å². The van der Waals surface area contributed by atoms with E-state index in [1.165, 1.54) is 11.3 Å². The monoisotopic (exact) mass is 346 g/mol. The molecule has 1 aliphatic rings. The molecule has 1 heterocycles. The fraction of sp³-hybridized carbons (Fsp3) is 0.538. The van der Waals surface area contributed by atoms with Gasteiger partial charge in [0.25, 0.3) is 0 Å². The largest absolute Gasteiger partial charge is 0.457 e. The second-order valence-corrected chi connectivity index (χ2v) is 7.52. The predicted octanol–water partition coefficient (Wildman–Crippen LogP) is 2.75. The van der Waals surface area contributed by atoms with Crippen LogP contribution in [0, 0.1) is 23.7 Å². The molecule has 21 heavy (non-hydrogen) atoms. The fourth-order valence-corrected chi connectivity index (χ4v) is 3.32. The number of thiazole rings is 1. The maximum atomic E-state index is 12.0. The molecule has 0 amide bonds. The van der Waals surface area contributed by atoms with Crippen LogP contribution in [-0.4, -0.2) is 27.7 Å². The number of halogens is 2. The third kappa shape index (κ3) is 3.05. The minimum atomic E-state index is -1.14. The molecule has 1 saturated carbocycles. The number of aryl methyl sites for hydroxylation is 1. The average molecular weight is 347 g/mol. The number of carbonyl (C=O) groups is 2. The van der Waals surface area contributed by atoms with Crippen LogP contribution < -0.4 is 0 Å². The summed E-state index contributed by atoms with van der Waals surface area (Å²) in [5, 5.41) is 11.2. The van der Waals surface area contributed by atoms with Gasteiger partial charge in [-0.1, -0.05) is 0 Å². The number of esters is 1. The highest BCUT2D eigenvalue weighted by molar-refractivity contribution is 7.09. The van der Waals surface area contributed by atoms with Crippen molar-refractivity contribution in [2.75, 3.05) is 6.61 Å². The lowest BCUT2D eigenvalue weighted by atomic mass is 10.1. The van der Waals surface area contributed by atoms with Gasteiger partial charge in [-0.25, -0.2) is 4.98 Å². The Morgan fingerprint density at radius 3 is 2.67 bits per heavy atom. The van der Waals surface area contributed by atoms with E-state index in [0.29, 0.717) is 5.01 Å². The van der Waals surface area contributed by atoms with Gasteiger partial charge in [0.15, 0.2) is 18.3 Å². The minimum Gasteiger partial charge on any atom is -0.457 e. The van der Waals surface area contributed by atoms with Crippen molar-refractivity contribution in [1.29, 1.82) is 5.26 Å². The van der Waals surface area contributed by atoms with Gasteiger partial charge in [-0.2, -0.15) is 5.26 Å². The Kier molecular flexibility index (Phi) is 4.29. The third-order valence-electron chi connectivity index (χ3n) is 3.39. The first kappa shape index (κ1) is 16.2. The standard InChI is InChI=1S/C13H12Cl2N2O3S/c1-7-5-21-10(17-7)8(3-16)9(18)4-20-11(19)12(2)6-13(12,14)15/h5,8H,4,6H2,1-2H3/t8-,12+/m1/s1. The Bertz CT molecular complexity index is 638. The maximum Gasteiger partial charge on any atom is 0.315 e. The van der Waals surface area contributed by atoms with Crippen molar-refractivity contribution in [3.05, 3.63) is 16.1 Å². The molecular formula is C13H12Cl2N2O3S. The number of Topliss-reactive ketones (excluding diaryl/α,β-unsaturated/α-hetero) is 1. The smallest absolute Gasteiger partial charge is 0.315 e. The molecule has 112 valence electrons. The second kappa shape index (κ2) is 5.56. The first-order chi connectivity index (χ1) is 9.71. The molecule has 5 nitrogen and oxygen atoms in total. The molecule has 1 aromatic rings. The van der Waals surface area contributed by atoms with Crippen molar-refractivity contribution in [3.63, 3.8) is 0 Å². The van der Waals surface area contributed by atoms with Crippen molar-refractivity contribution >= 4 is 46.3 Å². The van der Waals surface area contributed by atoms with Gasteiger partial charge in [0, 0.05) is 17.5 Å². The molecule has 0 aliphatic heterocycles. The highest BCUT2D eigenvalue weighted by atomic mass is 35.5. The van der Waals surface area contributed by atoms with E-state index < -0.39 is 34.0 Å². The molecule has 8 heteroatoms. The van der Waals surface area contributed by atoms with Gasteiger partial charge in [-0.3, -0.25) is 9.59 Å². The molecule has 0 N–H and O–H groups in total. The van der Waals surface area contributed by atoms with Crippen molar-refractivity contribution in [2.45, 2.75) is 30.5 Å². The van der Waals surface area contributed by atoms with E-state index in [0.717, 1.165) is 5.69 Å². The molecule has 0 unspecified atom stereocenters. The van der Waals surface area contributed by atoms with E-state index in [9.17, 15) is 9.59 Å². The number of ketones is 1. The van der Waals surface area contributed by atoms with Gasteiger partial charge >= 0.3 is 5.97 Å². The number of hydrogen-bond donors (Lipinski definition) is 0. The number of nitriles is 1. The summed E-state index contributed by atoms with van der Waals surface area (Å²) in [6.45, 7) is 2.86. The molecule has 0 saturated heterocycles. The molecule has 2 atom stereocenters. The van der Waals surface area contributed by atoms with E-state index in [1.807, 2.05) is 6.07 Å². The van der Waals surface area contributed by atoms with Gasteiger partial charge in [0.05, 0.1) is 6.07 Å². The highest BCUT2D eigenvalue weighted by Gasteiger charge is 2.69. The zero-order valence-corrected chi connectivity index (χ0v) is 13.7. The summed E-state index contributed by atoms with van der Waals surface area (Å²) in [6, 6.07) is 1.88. The molecule has 0 spiro atoms. The van der Waals surface area contributed by atoms with E-state index in [2.05, 4.69) is 4.98 Å². The van der Waals surface area contributed by atoms with Crippen LogP contribution in [0.4, 0.5) is 0 Å². The summed E-state index contributed by atoms with van der Waals surface area (Å²) >= 11 is 13.0. The van der Waals surface area contributed by atoms with Crippen LogP contribution in [0.15, 0.2) is 5.38 Å². The normalized spacial score (nSPS) is 24.0. The zero-order valence-electron chi connectivity index (χ0n) is 11.4. The molecule has 0 bridgehead atoms. The first-order valence-corrected chi connectivity index (χ1v) is 7.74. The highest BCUT2D eigenvalue weighted by Crippen LogP contribution is 2.64. The van der Waals surface area contributed by atoms with Gasteiger partial charge in [-0.05, 0) is 13.8 Å². The van der Waals surface area contributed by atoms with Crippen LogP contribution >= 0.6 is 34.5 Å². The minimum absolute atomic E-state index is 0.281. The number of carbonyl (C=O) groups excluding carboxylic acids is 2. The van der Waals surface area contributed by atoms with Crippen LogP contribution in [0.25, 0.3) is 0 Å². The molecule has 0 aromatic carbocycles. The van der Waals surface area contributed by atoms with E-state index in [4.69, 9.17) is 33.2 Å². The summed E-state index contributed by atoms with van der Waals surface area (Å²) < 4.78 is 3.80. The summed E-state index contributed by atoms with van der Waals surface area (Å²) in [6.07, 6.45) is 0.281. The van der Waals surface area contributed by atoms with E-state index >= 15 is 0 Å². The number of nitrogens with zero attached hydrogens (tertiary/aromatic N) is 2. The molecule has 1 fully saturated rings. The zero-order chi connectivity index (χ0) is 15.8. The third-order valence-corrected chi connectivity index (χ3v) is 5.52. The number of alkyl halides is 2. The molecular weight excluding hydrogens is 335 g/mol. The molecule has 0 radical (unpaired) electrons. The Morgan fingerprint density at radius 2 is 2.24 bits per heavy atom. The van der Waals surface area contributed by atoms with Gasteiger partial charge in [-0.15, -0.1) is 34.5 Å². The van der Waals surface area contributed by atoms with Crippen molar-refractivity contribution in [2.24, 2.45) is 5.41 Å². The van der Waals surface area contributed by atoms with Crippen LogP contribution in [0.5, 0.6) is 0 Å². The topological polar surface area (TPSA) is 80.0 Å². The predicted molar refractivity (Wildman–Crippen MR) is 78.3 cm³/mol. The number of rotatable bonds is 5. The Hall–Kier alpha value is -1.16. The van der Waals surface area contributed by atoms with Gasteiger partial charge in [0.2, 0.25) is 0 Å². The lowest BCUT2D eigenvalue weighted by molar-refractivity contribution is -0.153. The second-order valence-electron chi connectivity index (χ2n) is 5.15. The lowest BCUT2D eigenvalue weighted by Gasteiger charge is -2.12. The van der Waals surface area contributed by atoms with Gasteiger partial charge < -0.3 is 4.74 Å². The number of hydrogen-bond acceptors (Lipinski definition) is 6.